The molecule has 0 radical (unpaired) electrons. The van der Waals surface area contributed by atoms with Crippen LogP contribution in [0.4, 0.5) is 14.5 Å². The van der Waals surface area contributed by atoms with Crippen molar-refractivity contribution in [3.8, 4) is 5.75 Å². The van der Waals surface area contributed by atoms with Crippen molar-refractivity contribution in [1.29, 1.82) is 0 Å². The monoisotopic (exact) mass is 308 g/mol. The van der Waals surface area contributed by atoms with E-state index in [1.807, 2.05) is 24.3 Å². The molecule has 0 aromatic heterocycles. The first kappa shape index (κ1) is 15.2. The maximum atomic E-state index is 13.1. The second-order valence-electron chi connectivity index (χ2n) is 4.25. The Bertz CT molecular complexity index is 649. The molecule has 0 saturated heterocycles. The predicted molar refractivity (Wildman–Crippen MR) is 82.4 cm³/mol. The lowest BCUT2D eigenvalue weighted by molar-refractivity contribution is 0.409. The van der Waals surface area contributed by atoms with E-state index >= 15 is 0 Å². The van der Waals surface area contributed by atoms with Crippen LogP contribution in [-0.2, 0) is 6.54 Å². The minimum Gasteiger partial charge on any atom is -0.496 e. The van der Waals surface area contributed by atoms with Gasteiger partial charge in [-0.2, -0.15) is 0 Å². The van der Waals surface area contributed by atoms with Gasteiger partial charge in [0.15, 0.2) is 16.7 Å². The van der Waals surface area contributed by atoms with E-state index in [2.05, 4.69) is 10.6 Å². The molecular formula is C15H14F2N2OS. The largest absolute Gasteiger partial charge is 0.496 e. The van der Waals surface area contributed by atoms with Gasteiger partial charge in [0.1, 0.15) is 5.75 Å². The number of para-hydroxylation sites is 1. The van der Waals surface area contributed by atoms with Crippen molar-refractivity contribution in [2.75, 3.05) is 12.4 Å². The van der Waals surface area contributed by atoms with Crippen molar-refractivity contribution >= 4 is 23.0 Å². The van der Waals surface area contributed by atoms with Crippen LogP contribution in [0.1, 0.15) is 5.56 Å². The van der Waals surface area contributed by atoms with Gasteiger partial charge in [0.05, 0.1) is 7.11 Å². The van der Waals surface area contributed by atoms with Crippen LogP contribution >= 0.6 is 12.2 Å². The van der Waals surface area contributed by atoms with Gasteiger partial charge in [0, 0.05) is 23.9 Å². The van der Waals surface area contributed by atoms with E-state index in [1.54, 1.807) is 7.11 Å². The molecule has 0 bridgehead atoms. The van der Waals surface area contributed by atoms with Crippen LogP contribution in [0.5, 0.6) is 5.75 Å². The van der Waals surface area contributed by atoms with Crippen molar-refractivity contribution in [1.82, 2.24) is 5.32 Å². The number of anilines is 1. The lowest BCUT2D eigenvalue weighted by atomic mass is 10.2. The van der Waals surface area contributed by atoms with Crippen LogP contribution in [-0.4, -0.2) is 12.2 Å². The van der Waals surface area contributed by atoms with E-state index in [0.29, 0.717) is 17.3 Å². The smallest absolute Gasteiger partial charge is 0.171 e. The van der Waals surface area contributed by atoms with Gasteiger partial charge in [-0.3, -0.25) is 0 Å². The van der Waals surface area contributed by atoms with E-state index in [4.69, 9.17) is 17.0 Å². The van der Waals surface area contributed by atoms with Gasteiger partial charge in [0.25, 0.3) is 0 Å². The molecule has 2 rings (SSSR count). The third kappa shape index (κ3) is 4.13. The van der Waals surface area contributed by atoms with Crippen molar-refractivity contribution in [3.05, 3.63) is 59.7 Å². The maximum Gasteiger partial charge on any atom is 0.171 e. The lowest BCUT2D eigenvalue weighted by Crippen LogP contribution is -2.28. The second-order valence-corrected chi connectivity index (χ2v) is 4.66. The average Bonchev–Trinajstić information content (AvgIpc) is 2.49. The highest BCUT2D eigenvalue weighted by molar-refractivity contribution is 7.80. The molecule has 110 valence electrons. The van der Waals surface area contributed by atoms with Crippen LogP contribution in [0.3, 0.4) is 0 Å². The zero-order valence-corrected chi connectivity index (χ0v) is 12.1. The number of hydrogen-bond acceptors (Lipinski definition) is 2. The summed E-state index contributed by atoms with van der Waals surface area (Å²) in [7, 11) is 1.59. The molecule has 0 saturated carbocycles. The number of benzene rings is 2. The quantitative estimate of drug-likeness (QED) is 0.848. The molecule has 0 unspecified atom stereocenters. The summed E-state index contributed by atoms with van der Waals surface area (Å²) in [5.41, 5.74) is 1.32. The number of methoxy groups -OCH3 is 1. The third-order valence-corrected chi connectivity index (χ3v) is 3.06. The fraction of sp³-hybridized carbons (Fsp3) is 0.133. The second kappa shape index (κ2) is 6.99. The highest BCUT2D eigenvalue weighted by atomic mass is 32.1. The molecule has 2 aromatic carbocycles. The van der Waals surface area contributed by atoms with E-state index in [9.17, 15) is 8.78 Å². The average molecular weight is 308 g/mol. The summed E-state index contributed by atoms with van der Waals surface area (Å²) in [6, 6.07) is 11.0. The van der Waals surface area contributed by atoms with Crippen molar-refractivity contribution in [2.24, 2.45) is 0 Å². The molecule has 0 heterocycles. The van der Waals surface area contributed by atoms with Crippen LogP contribution in [0.2, 0.25) is 0 Å². The summed E-state index contributed by atoms with van der Waals surface area (Å²) in [6.07, 6.45) is 0. The van der Waals surface area contributed by atoms with Gasteiger partial charge >= 0.3 is 0 Å². The van der Waals surface area contributed by atoms with E-state index in [-0.39, 0.29) is 0 Å². The Labute approximate surface area is 126 Å². The van der Waals surface area contributed by atoms with E-state index in [0.717, 1.165) is 23.4 Å². The van der Waals surface area contributed by atoms with Crippen LogP contribution in [0.15, 0.2) is 42.5 Å². The van der Waals surface area contributed by atoms with Crippen LogP contribution in [0.25, 0.3) is 0 Å². The van der Waals surface area contributed by atoms with Crippen LogP contribution < -0.4 is 15.4 Å². The van der Waals surface area contributed by atoms with Crippen LogP contribution in [0, 0.1) is 11.6 Å². The summed E-state index contributed by atoms with van der Waals surface area (Å²) >= 11 is 5.11. The maximum absolute atomic E-state index is 13.1. The van der Waals surface area contributed by atoms with Crippen molar-refractivity contribution < 1.29 is 13.5 Å². The summed E-state index contributed by atoms with van der Waals surface area (Å²) in [5, 5.41) is 6.08. The summed E-state index contributed by atoms with van der Waals surface area (Å²) in [6.45, 7) is 0.458. The Morgan fingerprint density at radius 2 is 1.90 bits per heavy atom. The minimum atomic E-state index is -0.924. The highest BCUT2D eigenvalue weighted by Gasteiger charge is 2.05. The number of thiocarbonyl (C=S) groups is 1. The third-order valence-electron chi connectivity index (χ3n) is 2.81. The molecule has 0 atom stereocenters. The SMILES string of the molecule is COc1ccccc1CNC(=S)Nc1ccc(F)c(F)c1. The molecule has 0 fully saturated rings. The van der Waals surface area contributed by atoms with Crippen molar-refractivity contribution in [2.45, 2.75) is 6.54 Å². The van der Waals surface area contributed by atoms with Gasteiger partial charge in [-0.25, -0.2) is 8.78 Å². The number of halogens is 2. The summed E-state index contributed by atoms with van der Waals surface area (Å²) < 4.78 is 31.1. The Morgan fingerprint density at radius 3 is 2.62 bits per heavy atom. The Morgan fingerprint density at radius 1 is 1.14 bits per heavy atom. The molecule has 2 aromatic rings. The molecular weight excluding hydrogens is 294 g/mol. The number of nitrogens with one attached hydrogen (secondary N) is 2. The predicted octanol–water partition coefficient (Wildman–Crippen LogP) is 3.46. The zero-order valence-electron chi connectivity index (χ0n) is 11.3. The fourth-order valence-corrected chi connectivity index (χ4v) is 1.96. The first-order valence-corrected chi connectivity index (χ1v) is 6.63. The molecule has 0 amide bonds. The normalized spacial score (nSPS) is 10.0. The Kier molecular flexibility index (Phi) is 5.05. The van der Waals surface area contributed by atoms with Gasteiger partial charge in [-0.05, 0) is 30.4 Å². The van der Waals surface area contributed by atoms with Crippen molar-refractivity contribution in [3.63, 3.8) is 0 Å². The molecule has 0 spiro atoms. The fourth-order valence-electron chi connectivity index (χ4n) is 1.77. The van der Waals surface area contributed by atoms with Gasteiger partial charge in [-0.1, -0.05) is 18.2 Å². The highest BCUT2D eigenvalue weighted by Crippen LogP contribution is 2.17. The number of hydrogen-bond donors (Lipinski definition) is 2. The van der Waals surface area contributed by atoms with E-state index in [1.165, 1.54) is 6.07 Å². The molecule has 2 N–H and O–H groups in total. The topological polar surface area (TPSA) is 33.3 Å². The summed E-state index contributed by atoms with van der Waals surface area (Å²) in [4.78, 5) is 0. The number of ether oxygens (including phenoxy) is 1. The first-order valence-electron chi connectivity index (χ1n) is 6.22. The molecule has 21 heavy (non-hydrogen) atoms. The zero-order chi connectivity index (χ0) is 15.2. The molecule has 0 aliphatic carbocycles. The number of rotatable bonds is 4. The molecule has 0 aliphatic heterocycles. The van der Waals surface area contributed by atoms with E-state index < -0.39 is 11.6 Å². The van der Waals surface area contributed by atoms with Gasteiger partial charge in [-0.15, -0.1) is 0 Å². The molecule has 0 aliphatic rings. The Hall–Kier alpha value is -2.21. The Balaban J connectivity index is 1.94. The first-order chi connectivity index (χ1) is 10.1. The molecule has 6 heteroatoms. The minimum absolute atomic E-state index is 0.312. The molecule has 3 nitrogen and oxygen atoms in total. The van der Waals surface area contributed by atoms with Gasteiger partial charge in [0.2, 0.25) is 0 Å². The standard InChI is InChI=1S/C15H14F2N2OS/c1-20-14-5-3-2-4-10(14)9-18-15(21)19-11-6-7-12(16)13(17)8-11/h2-8H,9H2,1H3,(H2,18,19,21). The van der Waals surface area contributed by atoms with Gasteiger partial charge < -0.3 is 15.4 Å². The lowest BCUT2D eigenvalue weighted by Gasteiger charge is -2.12. The summed E-state index contributed by atoms with van der Waals surface area (Å²) in [5.74, 6) is -1.07.